The maximum absolute atomic E-state index is 12.6. The Hall–Kier alpha value is -2.39. The Labute approximate surface area is 177 Å². The first-order valence-corrected chi connectivity index (χ1v) is 11.6. The van der Waals surface area contributed by atoms with Gasteiger partial charge in [-0.1, -0.05) is 23.7 Å². The summed E-state index contributed by atoms with van der Waals surface area (Å²) >= 11 is 7.43. The lowest BCUT2D eigenvalue weighted by molar-refractivity contribution is 0.417. The summed E-state index contributed by atoms with van der Waals surface area (Å²) in [6, 6.07) is 15.7. The zero-order valence-corrected chi connectivity index (χ0v) is 17.9. The fraction of sp³-hybridized carbons (Fsp3) is 0.150. The van der Waals surface area contributed by atoms with Gasteiger partial charge in [-0.05, 0) is 47.8 Å². The van der Waals surface area contributed by atoms with Gasteiger partial charge in [0, 0.05) is 18.1 Å². The molecule has 6 nitrogen and oxygen atoms in total. The summed E-state index contributed by atoms with van der Waals surface area (Å²) in [5, 5.41) is 2.47. The van der Waals surface area contributed by atoms with Crippen molar-refractivity contribution < 1.29 is 13.2 Å². The number of nitrogens with zero attached hydrogens (tertiary/aromatic N) is 2. The fourth-order valence-corrected chi connectivity index (χ4v) is 4.99. The molecule has 4 aromatic rings. The molecule has 0 aliphatic rings. The highest BCUT2D eigenvalue weighted by Gasteiger charge is 2.18. The molecule has 1 N–H and O–H groups in total. The summed E-state index contributed by atoms with van der Waals surface area (Å²) in [4.78, 5) is 5.93. The lowest BCUT2D eigenvalue weighted by Crippen LogP contribution is -2.27. The highest BCUT2D eigenvalue weighted by molar-refractivity contribution is 7.89. The Balaban J connectivity index is 1.65. The van der Waals surface area contributed by atoms with Gasteiger partial charge in [-0.3, -0.25) is 0 Å². The number of hydrogen-bond acceptors (Lipinski definition) is 5. The van der Waals surface area contributed by atoms with Crippen molar-refractivity contribution in [1.82, 2.24) is 14.3 Å². The van der Waals surface area contributed by atoms with Crippen molar-refractivity contribution in [3.63, 3.8) is 0 Å². The first-order valence-electron chi connectivity index (χ1n) is 8.82. The van der Waals surface area contributed by atoms with Gasteiger partial charge in [-0.2, -0.15) is 0 Å². The number of nitrogens with one attached hydrogen (secondary N) is 1. The highest BCUT2D eigenvalue weighted by Crippen LogP contribution is 2.32. The molecule has 0 spiro atoms. The van der Waals surface area contributed by atoms with Crippen molar-refractivity contribution in [1.29, 1.82) is 0 Å². The maximum atomic E-state index is 12.6. The van der Waals surface area contributed by atoms with Crippen LogP contribution in [0.5, 0.6) is 5.75 Å². The largest absolute Gasteiger partial charge is 0.494 e. The SMILES string of the molecule is COc1cccc2nc(-c3cccs3)n(CCNS(=O)(=O)c3ccc(Cl)cc3)c12. The number of benzene rings is 2. The number of halogens is 1. The Morgan fingerprint density at radius 3 is 2.62 bits per heavy atom. The highest BCUT2D eigenvalue weighted by atomic mass is 35.5. The minimum Gasteiger partial charge on any atom is -0.494 e. The molecule has 2 aromatic heterocycles. The zero-order valence-electron chi connectivity index (χ0n) is 15.5. The van der Waals surface area contributed by atoms with Gasteiger partial charge in [0.2, 0.25) is 10.0 Å². The number of aromatic nitrogens is 2. The molecule has 0 fully saturated rings. The summed E-state index contributed by atoms with van der Waals surface area (Å²) in [5.74, 6) is 1.48. The molecule has 0 saturated carbocycles. The predicted octanol–water partition coefficient (Wildman–Crippen LogP) is 4.41. The lowest BCUT2D eigenvalue weighted by Gasteiger charge is -2.12. The standard InChI is InChI=1S/C20H18ClN3O3S2/c1-27-17-5-2-4-16-19(17)24(20(23-16)18-6-3-13-28-18)12-11-22-29(25,26)15-9-7-14(21)8-10-15/h2-10,13,22H,11-12H2,1H3. The van der Waals surface area contributed by atoms with Crippen LogP contribution in [0, 0.1) is 0 Å². The van der Waals surface area contributed by atoms with E-state index in [4.69, 9.17) is 21.3 Å². The van der Waals surface area contributed by atoms with E-state index in [1.165, 1.54) is 12.1 Å². The number of ether oxygens (including phenoxy) is 1. The van der Waals surface area contributed by atoms with E-state index in [1.54, 1.807) is 30.6 Å². The number of sulfonamides is 1. The first kappa shape index (κ1) is 19.9. The van der Waals surface area contributed by atoms with Crippen molar-refractivity contribution in [2.24, 2.45) is 0 Å². The van der Waals surface area contributed by atoms with Crippen LogP contribution < -0.4 is 9.46 Å². The van der Waals surface area contributed by atoms with E-state index >= 15 is 0 Å². The van der Waals surface area contributed by atoms with E-state index in [0.717, 1.165) is 21.7 Å². The molecule has 150 valence electrons. The van der Waals surface area contributed by atoms with Gasteiger partial charge in [0.1, 0.15) is 11.3 Å². The third-order valence-electron chi connectivity index (χ3n) is 4.44. The van der Waals surface area contributed by atoms with Gasteiger partial charge in [0.05, 0.1) is 22.4 Å². The molecular formula is C20H18ClN3O3S2. The number of rotatable bonds is 7. The molecule has 0 aliphatic carbocycles. The van der Waals surface area contributed by atoms with Gasteiger partial charge < -0.3 is 9.30 Å². The monoisotopic (exact) mass is 447 g/mol. The quantitative estimate of drug-likeness (QED) is 0.455. The van der Waals surface area contributed by atoms with Crippen LogP contribution in [0.15, 0.2) is 64.9 Å². The second-order valence-corrected chi connectivity index (χ2v) is 9.40. The molecule has 9 heteroatoms. The summed E-state index contributed by atoms with van der Waals surface area (Å²) in [5.41, 5.74) is 1.64. The van der Waals surface area contributed by atoms with Gasteiger partial charge in [-0.15, -0.1) is 11.3 Å². The van der Waals surface area contributed by atoms with Gasteiger partial charge in [-0.25, -0.2) is 18.1 Å². The van der Waals surface area contributed by atoms with Crippen LogP contribution in [-0.4, -0.2) is 31.6 Å². The number of fused-ring (bicyclic) bond motifs is 1. The molecule has 0 bridgehead atoms. The van der Waals surface area contributed by atoms with Crippen molar-refractivity contribution in [2.45, 2.75) is 11.4 Å². The van der Waals surface area contributed by atoms with E-state index in [9.17, 15) is 8.42 Å². The Kier molecular flexibility index (Phi) is 5.60. The molecule has 0 aliphatic heterocycles. The molecule has 0 atom stereocenters. The van der Waals surface area contributed by atoms with Crippen molar-refractivity contribution >= 4 is 44.0 Å². The molecule has 4 rings (SSSR count). The van der Waals surface area contributed by atoms with Crippen LogP contribution in [0.25, 0.3) is 21.7 Å². The number of para-hydroxylation sites is 1. The van der Waals surface area contributed by atoms with Crippen LogP contribution in [-0.2, 0) is 16.6 Å². The molecule has 0 unspecified atom stereocenters. The summed E-state index contributed by atoms with van der Waals surface area (Å²) < 4.78 is 35.3. The number of methoxy groups -OCH3 is 1. The Morgan fingerprint density at radius 2 is 1.93 bits per heavy atom. The van der Waals surface area contributed by atoms with Crippen LogP contribution in [0.4, 0.5) is 0 Å². The molecule has 2 heterocycles. The molecule has 0 saturated heterocycles. The Morgan fingerprint density at radius 1 is 1.14 bits per heavy atom. The molecular weight excluding hydrogens is 430 g/mol. The number of thiophene rings is 1. The molecule has 0 amide bonds. The minimum absolute atomic E-state index is 0.174. The normalized spacial score (nSPS) is 11.8. The number of hydrogen-bond donors (Lipinski definition) is 1. The average molecular weight is 448 g/mol. The van der Waals surface area contributed by atoms with Gasteiger partial charge in [0.25, 0.3) is 0 Å². The van der Waals surface area contributed by atoms with Crippen molar-refractivity contribution in [2.75, 3.05) is 13.7 Å². The topological polar surface area (TPSA) is 73.2 Å². The summed E-state index contributed by atoms with van der Waals surface area (Å²) in [6.45, 7) is 0.601. The van der Waals surface area contributed by atoms with Crippen molar-refractivity contribution in [3.8, 4) is 16.5 Å². The molecule has 0 radical (unpaired) electrons. The first-order chi connectivity index (χ1) is 14.0. The Bertz CT molecular complexity index is 1230. The van der Waals surface area contributed by atoms with Crippen LogP contribution in [0.3, 0.4) is 0 Å². The predicted molar refractivity (Wildman–Crippen MR) is 116 cm³/mol. The smallest absolute Gasteiger partial charge is 0.240 e. The van der Waals surface area contributed by atoms with Crippen LogP contribution in [0.2, 0.25) is 5.02 Å². The molecule has 29 heavy (non-hydrogen) atoms. The zero-order chi connectivity index (χ0) is 20.4. The van der Waals surface area contributed by atoms with E-state index < -0.39 is 10.0 Å². The summed E-state index contributed by atoms with van der Waals surface area (Å²) in [7, 11) is -2.03. The fourth-order valence-electron chi connectivity index (χ4n) is 3.12. The van der Waals surface area contributed by atoms with Crippen LogP contribution >= 0.6 is 22.9 Å². The van der Waals surface area contributed by atoms with Crippen LogP contribution in [0.1, 0.15) is 0 Å². The third kappa shape index (κ3) is 4.02. The minimum atomic E-state index is -3.64. The summed E-state index contributed by atoms with van der Waals surface area (Å²) in [6.07, 6.45) is 0. The second kappa shape index (κ2) is 8.16. The maximum Gasteiger partial charge on any atom is 0.240 e. The van der Waals surface area contributed by atoms with E-state index in [-0.39, 0.29) is 11.4 Å². The second-order valence-electron chi connectivity index (χ2n) is 6.24. The van der Waals surface area contributed by atoms with E-state index in [2.05, 4.69) is 4.72 Å². The van der Waals surface area contributed by atoms with Gasteiger partial charge in [0.15, 0.2) is 5.82 Å². The van der Waals surface area contributed by atoms with Gasteiger partial charge >= 0.3 is 0 Å². The van der Waals surface area contributed by atoms with E-state index in [1.807, 2.05) is 40.3 Å². The lowest BCUT2D eigenvalue weighted by atomic mass is 10.3. The third-order valence-corrected chi connectivity index (χ3v) is 7.04. The van der Waals surface area contributed by atoms with E-state index in [0.29, 0.717) is 17.3 Å². The average Bonchev–Trinajstić information content (AvgIpc) is 3.36. The molecule has 2 aromatic carbocycles. The number of imidazole rings is 1. The van der Waals surface area contributed by atoms with Crippen molar-refractivity contribution in [3.05, 3.63) is 65.0 Å².